The number of aryl methyl sites for hydroxylation is 1. The van der Waals surface area contributed by atoms with Gasteiger partial charge < -0.3 is 0 Å². The van der Waals surface area contributed by atoms with Gasteiger partial charge in [-0.25, -0.2) is 6.07 Å². The molecule has 1 aromatic carbocycles. The molecule has 0 unspecified atom stereocenters. The van der Waals surface area contributed by atoms with Crippen LogP contribution in [0.5, 0.6) is 0 Å². The first kappa shape index (κ1) is 13.9. The molecule has 16 heavy (non-hydrogen) atoms. The minimum Gasteiger partial charge on any atom is -0.275 e. The molecule has 1 heterocycles. The zero-order valence-electron chi connectivity index (χ0n) is 9.40. The Morgan fingerprint density at radius 1 is 1.19 bits per heavy atom. The van der Waals surface area contributed by atoms with Gasteiger partial charge in [0, 0.05) is 38.4 Å². The Morgan fingerprint density at radius 2 is 1.94 bits per heavy atom. The van der Waals surface area contributed by atoms with Gasteiger partial charge in [0.1, 0.15) is 13.2 Å². The first-order valence-corrected chi connectivity index (χ1v) is 5.97. The summed E-state index contributed by atoms with van der Waals surface area (Å²) in [5.41, 5.74) is 2.19. The van der Waals surface area contributed by atoms with E-state index in [-0.39, 0.29) is 32.7 Å². The third kappa shape index (κ3) is 2.94. The average molecular weight is 303 g/mol. The maximum atomic E-state index is 3.27. The Hall–Kier alpha value is -0.176. The number of aromatic nitrogens is 1. The zero-order valence-corrected chi connectivity index (χ0v) is 13.1. The molecule has 0 saturated carbocycles. The Kier molecular flexibility index (Phi) is 5.67. The Morgan fingerprint density at radius 3 is 2.62 bits per heavy atom. The van der Waals surface area contributed by atoms with Crippen LogP contribution in [-0.2, 0) is 39.8 Å². The average Bonchev–Trinajstić information content (AvgIpc) is 2.30. The van der Waals surface area contributed by atoms with E-state index in [0.29, 0.717) is 0 Å². The minimum absolute atomic E-state index is 0. The van der Waals surface area contributed by atoms with Crippen molar-refractivity contribution in [3.05, 3.63) is 48.7 Å². The van der Waals surface area contributed by atoms with Gasteiger partial charge in [-0.1, -0.05) is 6.07 Å². The fourth-order valence-corrected chi connectivity index (χ4v) is 2.08. The van der Waals surface area contributed by atoms with E-state index in [2.05, 4.69) is 29.0 Å². The molecule has 2 aromatic rings. The molecular weight excluding hydrogens is 291 g/mol. The van der Waals surface area contributed by atoms with Crippen molar-refractivity contribution in [3.8, 4) is 11.3 Å². The number of nitrogens with zero attached hydrogens (tertiary/aromatic N) is 1. The van der Waals surface area contributed by atoms with Crippen LogP contribution in [0.4, 0.5) is 0 Å². The van der Waals surface area contributed by atoms with E-state index in [9.17, 15) is 0 Å². The van der Waals surface area contributed by atoms with Crippen LogP contribution in [-0.4, -0.2) is 6.26 Å². The molecule has 0 bridgehead atoms. The monoisotopic (exact) mass is 303 g/mol. The molecule has 0 N–H and O–H groups in total. The van der Waals surface area contributed by atoms with Gasteiger partial charge in [0.15, 0.2) is 0 Å². The summed E-state index contributed by atoms with van der Waals surface area (Å²) in [6.45, 7) is 0. The normalized spacial score (nSPS) is 9.62. The number of thioether (sulfide) groups is 1. The summed E-state index contributed by atoms with van der Waals surface area (Å²) < 4.78 is 2.06. The molecule has 0 aliphatic rings. The Bertz CT molecular complexity index is 471. The van der Waals surface area contributed by atoms with Crippen LogP contribution < -0.4 is 4.57 Å². The molecule has 0 aliphatic carbocycles. The van der Waals surface area contributed by atoms with Crippen molar-refractivity contribution >= 4 is 11.8 Å². The van der Waals surface area contributed by atoms with Gasteiger partial charge in [0.25, 0.3) is 0 Å². The standard InChI is InChI=1S/C13H12NS.Y/c1-14-10-6-5-8-12(14)11-7-3-4-9-13(11)15-2;/h3-6,9-10H,1-2H3;/q-1;. The molecule has 0 aliphatic heterocycles. The van der Waals surface area contributed by atoms with Gasteiger partial charge in [0.2, 0.25) is 0 Å². The summed E-state index contributed by atoms with van der Waals surface area (Å²) >= 11 is 1.73. The third-order valence-electron chi connectivity index (χ3n) is 2.25. The predicted molar refractivity (Wildman–Crippen MR) is 62.5 cm³/mol. The van der Waals surface area contributed by atoms with Crippen molar-refractivity contribution in [1.82, 2.24) is 0 Å². The second-order valence-electron chi connectivity index (χ2n) is 3.23. The zero-order chi connectivity index (χ0) is 10.7. The van der Waals surface area contributed by atoms with Crippen molar-refractivity contribution in [1.29, 1.82) is 0 Å². The summed E-state index contributed by atoms with van der Waals surface area (Å²) in [5, 5.41) is 0. The predicted octanol–water partition coefficient (Wildman–Crippen LogP) is 2.50. The van der Waals surface area contributed by atoms with Crippen LogP contribution in [0.3, 0.4) is 0 Å². The molecule has 1 radical (unpaired) electrons. The summed E-state index contributed by atoms with van der Waals surface area (Å²) in [4.78, 5) is 1.23. The van der Waals surface area contributed by atoms with Crippen molar-refractivity contribution in [2.75, 3.05) is 6.26 Å². The molecule has 0 amide bonds. The van der Waals surface area contributed by atoms with Crippen LogP contribution >= 0.6 is 11.8 Å². The summed E-state index contributed by atoms with van der Waals surface area (Å²) in [6.07, 6.45) is 4.10. The number of benzene rings is 1. The van der Waals surface area contributed by atoms with Crippen molar-refractivity contribution in [2.45, 2.75) is 4.90 Å². The second-order valence-corrected chi connectivity index (χ2v) is 4.07. The fraction of sp³-hybridized carbons (Fsp3) is 0.154. The summed E-state index contributed by atoms with van der Waals surface area (Å²) in [6, 6.07) is 16.5. The number of hydrogen-bond donors (Lipinski definition) is 0. The molecular formula is C13H12NSY-. The third-order valence-corrected chi connectivity index (χ3v) is 3.03. The first-order chi connectivity index (χ1) is 7.33. The fourth-order valence-electron chi connectivity index (χ4n) is 1.50. The second kappa shape index (κ2) is 6.53. The van der Waals surface area contributed by atoms with Gasteiger partial charge in [-0.15, -0.1) is 17.0 Å². The van der Waals surface area contributed by atoms with Gasteiger partial charge in [-0.05, 0) is 6.26 Å². The molecule has 3 heteroatoms. The molecule has 79 valence electrons. The number of hydrogen-bond acceptors (Lipinski definition) is 1. The molecule has 0 fully saturated rings. The van der Waals surface area contributed by atoms with Gasteiger partial charge in [0.05, 0.1) is 0 Å². The van der Waals surface area contributed by atoms with Crippen LogP contribution in [0.2, 0.25) is 0 Å². The van der Waals surface area contributed by atoms with Gasteiger partial charge >= 0.3 is 0 Å². The number of pyridine rings is 1. The van der Waals surface area contributed by atoms with E-state index >= 15 is 0 Å². The van der Waals surface area contributed by atoms with Crippen molar-refractivity contribution in [2.24, 2.45) is 7.05 Å². The van der Waals surface area contributed by atoms with Crippen LogP contribution in [0.15, 0.2) is 41.4 Å². The van der Waals surface area contributed by atoms with Crippen LogP contribution in [0.1, 0.15) is 0 Å². The van der Waals surface area contributed by atoms with Crippen LogP contribution in [0.25, 0.3) is 11.3 Å². The maximum Gasteiger partial charge on any atom is 0.126 e. The largest absolute Gasteiger partial charge is 0.275 e. The van der Waals surface area contributed by atoms with Gasteiger partial charge in [-0.3, -0.25) is 4.57 Å². The molecule has 0 atom stereocenters. The molecule has 2 rings (SSSR count). The van der Waals surface area contributed by atoms with Crippen LogP contribution in [0, 0.1) is 12.1 Å². The van der Waals surface area contributed by atoms with Crippen molar-refractivity contribution in [3.63, 3.8) is 0 Å². The topological polar surface area (TPSA) is 3.88 Å². The quantitative estimate of drug-likeness (QED) is 0.468. The van der Waals surface area contributed by atoms with E-state index in [1.54, 1.807) is 11.8 Å². The summed E-state index contributed by atoms with van der Waals surface area (Å²) in [7, 11) is 2.02. The van der Waals surface area contributed by atoms with Gasteiger partial charge in [-0.2, -0.15) is 35.5 Å². The van der Waals surface area contributed by atoms with E-state index in [4.69, 9.17) is 0 Å². The number of rotatable bonds is 2. The Labute approximate surface area is 126 Å². The Balaban J connectivity index is 0.00000128. The van der Waals surface area contributed by atoms with E-state index in [1.807, 2.05) is 37.5 Å². The molecule has 1 aromatic heterocycles. The minimum atomic E-state index is 0. The van der Waals surface area contributed by atoms with Crippen molar-refractivity contribution < 1.29 is 37.3 Å². The smallest absolute Gasteiger partial charge is 0.126 e. The molecule has 1 nitrogen and oxygen atoms in total. The maximum absolute atomic E-state index is 3.27. The van der Waals surface area contributed by atoms with E-state index in [1.165, 1.54) is 4.90 Å². The molecule has 0 spiro atoms. The molecule has 0 saturated heterocycles. The van der Waals surface area contributed by atoms with E-state index < -0.39 is 0 Å². The first-order valence-electron chi connectivity index (χ1n) is 4.74. The van der Waals surface area contributed by atoms with E-state index in [0.717, 1.165) is 11.3 Å². The summed E-state index contributed by atoms with van der Waals surface area (Å²) in [5.74, 6) is 0. The SMILES string of the molecule is CSc1ccc[c-]c1-c1[c-]ccc[n+]1C.[Y].